The number of carbonyl (C=O) groups is 2. The zero-order valence-corrected chi connectivity index (χ0v) is 36.2. The van der Waals surface area contributed by atoms with E-state index in [2.05, 4.69) is 109 Å². The smallest absolute Gasteiger partial charge is 0.337 e. The molecule has 8 aromatic rings. The van der Waals surface area contributed by atoms with Gasteiger partial charge in [-0.25, -0.2) is 9.59 Å². The van der Waals surface area contributed by atoms with Crippen LogP contribution in [0.15, 0.2) is 234 Å². The predicted octanol–water partition coefficient (Wildman–Crippen LogP) is 11.2. The molecule has 6 nitrogen and oxygen atoms in total. The predicted molar refractivity (Wildman–Crippen MR) is 255 cm³/mol. The van der Waals surface area contributed by atoms with E-state index in [0.717, 1.165) is 21.6 Å². The summed E-state index contributed by atoms with van der Waals surface area (Å²) in [7, 11) is -2.00. The van der Waals surface area contributed by atoms with E-state index < -0.39 is 20.1 Å². The SMILES string of the molecule is COC(=O)c1ccc(N=P(c2ccccc2)(c2ccccc2)c2ccccc2)c(Cl)c1.COC(=O)c1ccc(N=P(c2ccccc2)(c2ccccc2)c2ccccc2)cc1. The van der Waals surface area contributed by atoms with Crippen molar-refractivity contribution in [2.45, 2.75) is 0 Å². The van der Waals surface area contributed by atoms with Crippen LogP contribution in [-0.4, -0.2) is 26.2 Å². The second kappa shape index (κ2) is 20.1. The second-order valence-electron chi connectivity index (χ2n) is 13.7. The van der Waals surface area contributed by atoms with Crippen molar-refractivity contribution in [3.05, 3.63) is 241 Å². The van der Waals surface area contributed by atoms with Crippen LogP contribution >= 0.6 is 25.7 Å². The van der Waals surface area contributed by atoms with Gasteiger partial charge < -0.3 is 9.47 Å². The molecule has 61 heavy (non-hydrogen) atoms. The maximum atomic E-state index is 11.9. The van der Waals surface area contributed by atoms with Crippen molar-refractivity contribution in [2.75, 3.05) is 14.2 Å². The van der Waals surface area contributed by atoms with Gasteiger partial charge in [0.25, 0.3) is 0 Å². The standard InChI is InChI=1S/C26H21ClNO2P.C26H22NO2P/c1-30-26(29)20-17-18-25(24(27)19-20)28-31(21-11-5-2-6-12-21,22-13-7-3-8-14-22)23-15-9-4-10-16-23;1-29-26(28)21-17-19-22(20-18-21)27-30(23-11-5-2-6-12-23,24-13-7-3-8-14-24)25-15-9-4-10-16-25/h2-19H,1H3;2-20H,1H3. The van der Waals surface area contributed by atoms with Crippen molar-refractivity contribution in [2.24, 2.45) is 9.49 Å². The second-order valence-corrected chi connectivity index (χ2v) is 20.1. The van der Waals surface area contributed by atoms with Crippen LogP contribution in [0.2, 0.25) is 5.02 Å². The van der Waals surface area contributed by atoms with Crippen molar-refractivity contribution in [1.82, 2.24) is 0 Å². The molecular formula is C52H43ClN2O4P2. The highest BCUT2D eigenvalue weighted by atomic mass is 35.5. The molecule has 8 aromatic carbocycles. The normalized spacial score (nSPS) is 11.0. The lowest BCUT2D eigenvalue weighted by Crippen LogP contribution is -2.25. The Balaban J connectivity index is 0.000000184. The van der Waals surface area contributed by atoms with E-state index >= 15 is 0 Å². The molecule has 8 rings (SSSR count). The summed E-state index contributed by atoms with van der Waals surface area (Å²) in [6.45, 7) is 0. The number of rotatable bonds is 10. The van der Waals surface area contributed by atoms with Crippen molar-refractivity contribution >= 4 is 80.9 Å². The van der Waals surface area contributed by atoms with Crippen LogP contribution < -0.4 is 31.8 Å². The Bertz CT molecular complexity index is 2600. The Morgan fingerprint density at radius 2 is 0.689 bits per heavy atom. The lowest BCUT2D eigenvalue weighted by molar-refractivity contribution is 0.0592. The highest BCUT2D eigenvalue weighted by Gasteiger charge is 2.29. The number of halogens is 1. The Labute approximate surface area is 362 Å². The molecule has 0 unspecified atom stereocenters. The van der Waals surface area contributed by atoms with E-state index in [0.29, 0.717) is 21.8 Å². The minimum atomic E-state index is -2.42. The quantitative estimate of drug-likeness (QED) is 0.101. The van der Waals surface area contributed by atoms with Gasteiger partial charge in [-0.3, -0.25) is 9.49 Å². The van der Waals surface area contributed by atoms with Crippen LogP contribution in [0.1, 0.15) is 20.7 Å². The molecule has 302 valence electrons. The number of hydrogen-bond donors (Lipinski definition) is 0. The first-order valence-electron chi connectivity index (χ1n) is 19.5. The number of esters is 2. The Kier molecular flexibility index (Phi) is 14.1. The van der Waals surface area contributed by atoms with Crippen LogP contribution in [0, 0.1) is 0 Å². The molecule has 0 saturated heterocycles. The van der Waals surface area contributed by atoms with Crippen molar-refractivity contribution in [3.63, 3.8) is 0 Å². The maximum absolute atomic E-state index is 11.9. The van der Waals surface area contributed by atoms with Crippen LogP contribution in [0.25, 0.3) is 0 Å². The first-order valence-corrected chi connectivity index (χ1v) is 23.4. The van der Waals surface area contributed by atoms with E-state index in [1.807, 2.05) is 84.9 Å². The van der Waals surface area contributed by atoms with Crippen molar-refractivity contribution < 1.29 is 19.1 Å². The summed E-state index contributed by atoms with van der Waals surface area (Å²) in [6, 6.07) is 74.7. The maximum Gasteiger partial charge on any atom is 0.337 e. The summed E-state index contributed by atoms with van der Waals surface area (Å²) < 4.78 is 20.4. The third-order valence-corrected chi connectivity index (χ3v) is 17.6. The van der Waals surface area contributed by atoms with E-state index in [1.54, 1.807) is 30.3 Å². The summed E-state index contributed by atoms with van der Waals surface area (Å²) in [4.78, 5) is 23.8. The molecule has 0 aliphatic heterocycles. The molecule has 0 heterocycles. The van der Waals surface area contributed by atoms with Gasteiger partial charge in [-0.15, -0.1) is 0 Å². The fraction of sp³-hybridized carbons (Fsp3) is 0.0385. The van der Waals surface area contributed by atoms with E-state index in [4.69, 9.17) is 30.6 Å². The van der Waals surface area contributed by atoms with Gasteiger partial charge in [0.05, 0.1) is 55.9 Å². The van der Waals surface area contributed by atoms with Gasteiger partial charge in [-0.05, 0) is 42.5 Å². The van der Waals surface area contributed by atoms with E-state index in [-0.39, 0.29) is 5.97 Å². The van der Waals surface area contributed by atoms with Gasteiger partial charge in [0.2, 0.25) is 0 Å². The van der Waals surface area contributed by atoms with Crippen molar-refractivity contribution in [3.8, 4) is 0 Å². The fourth-order valence-corrected chi connectivity index (χ4v) is 14.4. The average molecular weight is 857 g/mol. The highest BCUT2D eigenvalue weighted by molar-refractivity contribution is 7.88. The molecule has 0 aliphatic carbocycles. The number of hydrogen-bond acceptors (Lipinski definition) is 6. The molecule has 0 radical (unpaired) electrons. The summed E-state index contributed by atoms with van der Waals surface area (Å²) in [6.07, 6.45) is 0. The monoisotopic (exact) mass is 856 g/mol. The Hall–Kier alpha value is -6.55. The summed E-state index contributed by atoms with van der Waals surface area (Å²) in [5.74, 6) is -0.777. The summed E-state index contributed by atoms with van der Waals surface area (Å²) in [5.41, 5.74) is 2.38. The highest BCUT2D eigenvalue weighted by Crippen LogP contribution is 2.51. The van der Waals surface area contributed by atoms with Gasteiger partial charge in [0.15, 0.2) is 0 Å². The third kappa shape index (κ3) is 9.44. The van der Waals surface area contributed by atoms with Gasteiger partial charge >= 0.3 is 11.9 Å². The molecule has 0 fully saturated rings. The molecule has 0 bridgehead atoms. The molecule has 0 atom stereocenters. The van der Waals surface area contributed by atoms with Gasteiger partial charge in [0, 0.05) is 31.8 Å². The number of carbonyl (C=O) groups excluding carboxylic acids is 2. The summed E-state index contributed by atoms with van der Waals surface area (Å²) >= 11 is 6.62. The van der Waals surface area contributed by atoms with Gasteiger partial charge in [-0.1, -0.05) is 194 Å². The van der Waals surface area contributed by atoms with E-state index in [9.17, 15) is 9.59 Å². The summed E-state index contributed by atoms with van der Waals surface area (Å²) in [5, 5.41) is 7.33. The largest absolute Gasteiger partial charge is 0.465 e. The van der Waals surface area contributed by atoms with Crippen LogP contribution in [0.5, 0.6) is 0 Å². The minimum Gasteiger partial charge on any atom is -0.465 e. The molecule has 0 amide bonds. The Morgan fingerprint density at radius 3 is 1.00 bits per heavy atom. The van der Waals surface area contributed by atoms with Crippen LogP contribution in [0.3, 0.4) is 0 Å². The first-order chi connectivity index (χ1) is 29.9. The average Bonchev–Trinajstić information content (AvgIpc) is 3.34. The molecule has 0 aliphatic rings. The van der Waals surface area contributed by atoms with E-state index in [1.165, 1.54) is 30.1 Å². The lowest BCUT2D eigenvalue weighted by Gasteiger charge is -2.27. The lowest BCUT2D eigenvalue weighted by atomic mass is 10.2. The Morgan fingerprint density at radius 1 is 0.393 bits per heavy atom. The number of nitrogens with zero attached hydrogens (tertiary/aromatic N) is 2. The number of methoxy groups -OCH3 is 2. The van der Waals surface area contributed by atoms with Crippen LogP contribution in [0.4, 0.5) is 11.4 Å². The van der Waals surface area contributed by atoms with Gasteiger partial charge in [-0.2, -0.15) is 0 Å². The molecule has 9 heteroatoms. The fourth-order valence-electron chi connectivity index (χ4n) is 7.05. The van der Waals surface area contributed by atoms with Gasteiger partial charge in [0.1, 0.15) is 0 Å². The number of benzene rings is 8. The number of ether oxygens (including phenoxy) is 2. The molecule has 0 N–H and O–H groups in total. The minimum absolute atomic E-state index is 0.350. The zero-order valence-electron chi connectivity index (χ0n) is 33.7. The van der Waals surface area contributed by atoms with Crippen LogP contribution in [-0.2, 0) is 9.47 Å². The first kappa shape index (κ1) is 42.6. The topological polar surface area (TPSA) is 77.3 Å². The van der Waals surface area contributed by atoms with Crippen molar-refractivity contribution in [1.29, 1.82) is 0 Å². The molecule has 0 aromatic heterocycles. The zero-order chi connectivity index (χ0) is 42.5. The molecule has 0 saturated carbocycles. The molecule has 0 spiro atoms. The molecular weight excluding hydrogens is 814 g/mol. The third-order valence-electron chi connectivity index (χ3n) is 9.96.